The monoisotopic (exact) mass is 495 g/mol. The maximum absolute atomic E-state index is 14.0. The number of nitrogens with zero attached hydrogens (tertiary/aromatic N) is 3. The minimum absolute atomic E-state index is 0.0712. The number of benzene rings is 2. The quantitative estimate of drug-likeness (QED) is 0.327. The highest BCUT2D eigenvalue weighted by Gasteiger charge is 2.48. The van der Waals surface area contributed by atoms with Crippen LogP contribution in [0.4, 0.5) is 5.69 Å². The number of aromatic nitrogens is 3. The third kappa shape index (κ3) is 3.96. The summed E-state index contributed by atoms with van der Waals surface area (Å²) in [5, 5.41) is 3.15. The second-order valence-corrected chi connectivity index (χ2v) is 8.88. The SMILES string of the molecule is CCc1[nH]n(-c2ccccc2)c(=O)c1C1=C([n+]2ccc(C)c(C)c2)C(=O)N(c2ccc(OC)cc2)C1=O. The normalized spacial score (nSPS) is 13.6. The van der Waals surface area contributed by atoms with Crippen molar-refractivity contribution in [2.75, 3.05) is 12.0 Å². The first-order valence-electron chi connectivity index (χ1n) is 12.0. The summed E-state index contributed by atoms with van der Waals surface area (Å²) in [6, 6.07) is 17.7. The first kappa shape index (κ1) is 24.0. The summed E-state index contributed by atoms with van der Waals surface area (Å²) in [6.45, 7) is 5.81. The zero-order chi connectivity index (χ0) is 26.3. The van der Waals surface area contributed by atoms with Crippen molar-refractivity contribution in [2.24, 2.45) is 0 Å². The Bertz CT molecular complexity index is 1610. The summed E-state index contributed by atoms with van der Waals surface area (Å²) >= 11 is 0. The van der Waals surface area contributed by atoms with Crippen LogP contribution in [0.2, 0.25) is 0 Å². The molecule has 186 valence electrons. The summed E-state index contributed by atoms with van der Waals surface area (Å²) in [5.41, 5.74) is 3.61. The summed E-state index contributed by atoms with van der Waals surface area (Å²) < 4.78 is 8.28. The van der Waals surface area contributed by atoms with Crippen LogP contribution in [0, 0.1) is 13.8 Å². The Kier molecular flexibility index (Phi) is 6.09. The van der Waals surface area contributed by atoms with Crippen molar-refractivity contribution in [3.8, 4) is 11.4 Å². The van der Waals surface area contributed by atoms with E-state index in [0.717, 1.165) is 16.0 Å². The Morgan fingerprint density at radius 1 is 0.865 bits per heavy atom. The predicted octanol–water partition coefficient (Wildman–Crippen LogP) is 3.58. The van der Waals surface area contributed by atoms with E-state index in [4.69, 9.17) is 4.74 Å². The molecule has 0 bridgehead atoms. The molecule has 4 aromatic rings. The van der Waals surface area contributed by atoms with Crippen molar-refractivity contribution in [1.29, 1.82) is 0 Å². The second-order valence-electron chi connectivity index (χ2n) is 8.88. The minimum Gasteiger partial charge on any atom is -0.497 e. The Morgan fingerprint density at radius 2 is 1.57 bits per heavy atom. The van der Waals surface area contributed by atoms with Gasteiger partial charge in [-0.15, -0.1) is 0 Å². The molecular formula is C29H27N4O4+. The molecule has 0 radical (unpaired) electrons. The van der Waals surface area contributed by atoms with Gasteiger partial charge < -0.3 is 4.74 Å². The molecule has 0 unspecified atom stereocenters. The fourth-order valence-electron chi connectivity index (χ4n) is 4.52. The van der Waals surface area contributed by atoms with E-state index in [1.54, 1.807) is 60.5 Å². The van der Waals surface area contributed by atoms with Crippen molar-refractivity contribution in [3.63, 3.8) is 0 Å². The van der Waals surface area contributed by atoms with Gasteiger partial charge in [0, 0.05) is 17.3 Å². The number of amides is 2. The summed E-state index contributed by atoms with van der Waals surface area (Å²) in [4.78, 5) is 42.8. The number of carbonyl (C=O) groups is 2. The van der Waals surface area contributed by atoms with Crippen LogP contribution in [0.5, 0.6) is 5.75 Å². The molecule has 0 saturated heterocycles. The largest absolute Gasteiger partial charge is 0.497 e. The molecule has 1 N–H and O–H groups in total. The van der Waals surface area contributed by atoms with E-state index in [9.17, 15) is 14.4 Å². The average molecular weight is 496 g/mol. The van der Waals surface area contributed by atoms with Gasteiger partial charge in [0.2, 0.25) is 0 Å². The standard InChI is InChI=1S/C29H26N4O4/c1-5-23-24(28(35)33(30-23)21-9-7-6-8-10-21)25-26(31-16-15-18(2)19(3)17-31)29(36)32(27(25)34)20-11-13-22(37-4)14-12-20/h6-17H,5H2,1-4H3/p+1. The fourth-order valence-corrected chi connectivity index (χ4v) is 4.52. The van der Waals surface area contributed by atoms with Crippen LogP contribution in [0.3, 0.4) is 0 Å². The molecule has 2 aromatic carbocycles. The summed E-state index contributed by atoms with van der Waals surface area (Å²) in [5.74, 6) is -0.460. The van der Waals surface area contributed by atoms with Crippen molar-refractivity contribution in [1.82, 2.24) is 9.78 Å². The van der Waals surface area contributed by atoms with E-state index in [1.807, 2.05) is 45.0 Å². The number of hydrogen-bond acceptors (Lipinski definition) is 4. The lowest BCUT2D eigenvalue weighted by molar-refractivity contribution is -0.577. The summed E-state index contributed by atoms with van der Waals surface area (Å²) in [6.07, 6.45) is 4.01. The number of carbonyl (C=O) groups excluding carboxylic acids is 2. The number of aryl methyl sites for hydroxylation is 3. The smallest absolute Gasteiger partial charge is 0.331 e. The van der Waals surface area contributed by atoms with Crippen LogP contribution in [-0.4, -0.2) is 28.7 Å². The molecular weight excluding hydrogens is 468 g/mol. The molecule has 37 heavy (non-hydrogen) atoms. The zero-order valence-corrected chi connectivity index (χ0v) is 21.1. The van der Waals surface area contributed by atoms with Crippen LogP contribution < -0.4 is 19.8 Å². The third-order valence-electron chi connectivity index (χ3n) is 6.67. The first-order valence-corrected chi connectivity index (χ1v) is 12.0. The number of pyridine rings is 1. The van der Waals surface area contributed by atoms with Crippen LogP contribution in [-0.2, 0) is 16.0 Å². The van der Waals surface area contributed by atoms with Gasteiger partial charge in [-0.1, -0.05) is 25.1 Å². The molecule has 0 atom stereocenters. The third-order valence-corrected chi connectivity index (χ3v) is 6.67. The second kappa shape index (κ2) is 9.39. The predicted molar refractivity (Wildman–Crippen MR) is 140 cm³/mol. The number of ether oxygens (including phenoxy) is 1. The molecule has 8 nitrogen and oxygen atoms in total. The van der Waals surface area contributed by atoms with Gasteiger partial charge in [-0.05, 0) is 62.2 Å². The van der Waals surface area contributed by atoms with E-state index in [-0.39, 0.29) is 16.8 Å². The number of nitrogens with one attached hydrogen (secondary N) is 1. The highest BCUT2D eigenvalue weighted by molar-refractivity contribution is 6.53. The van der Waals surface area contributed by atoms with E-state index >= 15 is 0 Å². The van der Waals surface area contributed by atoms with Gasteiger partial charge in [0.15, 0.2) is 12.4 Å². The molecule has 5 rings (SSSR count). The minimum atomic E-state index is -0.554. The average Bonchev–Trinajstić information content (AvgIpc) is 3.38. The fraction of sp³-hybridized carbons (Fsp3) is 0.172. The highest BCUT2D eigenvalue weighted by Crippen LogP contribution is 2.34. The Balaban J connectivity index is 1.77. The van der Waals surface area contributed by atoms with Crippen LogP contribution in [0.25, 0.3) is 17.0 Å². The molecule has 0 spiro atoms. The number of H-pyrrole nitrogens is 1. The van der Waals surface area contributed by atoms with Crippen LogP contribution in [0.1, 0.15) is 29.3 Å². The molecule has 1 aliphatic heterocycles. The van der Waals surface area contributed by atoms with Gasteiger partial charge in [-0.2, -0.15) is 4.57 Å². The maximum atomic E-state index is 14.0. The molecule has 8 heteroatoms. The summed E-state index contributed by atoms with van der Waals surface area (Å²) in [7, 11) is 1.55. The number of aromatic amines is 1. The number of hydrogen-bond donors (Lipinski definition) is 1. The first-order chi connectivity index (χ1) is 17.8. The van der Waals surface area contributed by atoms with Crippen molar-refractivity contribution >= 4 is 28.8 Å². The van der Waals surface area contributed by atoms with Gasteiger partial charge in [0.05, 0.1) is 24.0 Å². The lowest BCUT2D eigenvalue weighted by Crippen LogP contribution is -2.40. The van der Waals surface area contributed by atoms with Gasteiger partial charge in [-0.25, -0.2) is 9.58 Å². The van der Waals surface area contributed by atoms with Crippen molar-refractivity contribution < 1.29 is 18.9 Å². The molecule has 0 saturated carbocycles. The number of imide groups is 1. The molecule has 1 aliphatic rings. The highest BCUT2D eigenvalue weighted by atomic mass is 16.5. The molecule has 2 amide bonds. The van der Waals surface area contributed by atoms with Gasteiger partial charge in [-0.3, -0.25) is 19.5 Å². The number of methoxy groups -OCH3 is 1. The lowest BCUT2D eigenvalue weighted by atomic mass is 10.0. The number of para-hydroxylation sites is 1. The van der Waals surface area contributed by atoms with Gasteiger partial charge in [0.1, 0.15) is 11.3 Å². The van der Waals surface area contributed by atoms with Crippen LogP contribution in [0.15, 0.2) is 77.9 Å². The van der Waals surface area contributed by atoms with Crippen LogP contribution >= 0.6 is 0 Å². The molecule has 2 aromatic heterocycles. The molecule has 3 heterocycles. The van der Waals surface area contributed by atoms with Crippen molar-refractivity contribution in [3.05, 3.63) is 106 Å². The zero-order valence-electron chi connectivity index (χ0n) is 21.1. The van der Waals surface area contributed by atoms with Gasteiger partial charge >= 0.3 is 5.91 Å². The van der Waals surface area contributed by atoms with E-state index < -0.39 is 17.4 Å². The lowest BCUT2D eigenvalue weighted by Gasteiger charge is -2.14. The van der Waals surface area contributed by atoms with E-state index in [0.29, 0.717) is 29.2 Å². The topological polar surface area (TPSA) is 88.3 Å². The van der Waals surface area contributed by atoms with E-state index in [2.05, 4.69) is 5.10 Å². The Hall–Kier alpha value is -4.72. The van der Waals surface area contributed by atoms with Gasteiger partial charge in [0.25, 0.3) is 17.2 Å². The number of rotatable bonds is 6. The number of anilines is 1. The van der Waals surface area contributed by atoms with E-state index in [1.165, 1.54) is 4.68 Å². The molecule has 0 aliphatic carbocycles. The maximum Gasteiger partial charge on any atom is 0.331 e. The Labute approximate surface area is 214 Å². The Morgan fingerprint density at radius 3 is 2.19 bits per heavy atom. The molecule has 0 fully saturated rings. The van der Waals surface area contributed by atoms with Crippen molar-refractivity contribution in [2.45, 2.75) is 27.2 Å².